The van der Waals surface area contributed by atoms with Gasteiger partial charge in [0.25, 0.3) is 5.91 Å². The lowest BCUT2D eigenvalue weighted by molar-refractivity contribution is -0.125. The number of nitrogens with one attached hydrogen (secondary N) is 1. The zero-order valence-corrected chi connectivity index (χ0v) is 18.2. The Kier molecular flexibility index (Phi) is 6.36. The number of hydrogen-bond acceptors (Lipinski definition) is 3. The molecule has 162 valence electrons. The van der Waals surface area contributed by atoms with Crippen LogP contribution in [-0.2, 0) is 16.1 Å². The molecule has 0 bridgehead atoms. The standard InChI is InChI=1S/C27H26N2O3/c1-19(2)18-29-17-16-22-23(14-9-15-24(22)29)27(31)32-25(20-10-5-3-6-11-20)26(30)28-21-12-7-4-8-13-21/h3-17,19,25H,18H2,1-2H3,(H,28,30). The predicted octanol–water partition coefficient (Wildman–Crippen LogP) is 5.83. The van der Waals surface area contributed by atoms with Crippen molar-refractivity contribution in [1.29, 1.82) is 0 Å². The van der Waals surface area contributed by atoms with Crippen LogP contribution in [0.1, 0.15) is 35.9 Å². The average molecular weight is 427 g/mol. The summed E-state index contributed by atoms with van der Waals surface area (Å²) < 4.78 is 7.93. The van der Waals surface area contributed by atoms with Crippen molar-refractivity contribution in [3.05, 3.63) is 102 Å². The Bertz CT molecular complexity index is 1210. The number of carbonyl (C=O) groups is 2. The number of aromatic nitrogens is 1. The van der Waals surface area contributed by atoms with E-state index in [-0.39, 0.29) is 0 Å². The second kappa shape index (κ2) is 9.52. The van der Waals surface area contributed by atoms with E-state index in [4.69, 9.17) is 4.74 Å². The predicted molar refractivity (Wildman–Crippen MR) is 126 cm³/mol. The summed E-state index contributed by atoms with van der Waals surface area (Å²) in [6.45, 7) is 5.16. The summed E-state index contributed by atoms with van der Waals surface area (Å²) in [5, 5.41) is 3.65. The van der Waals surface area contributed by atoms with E-state index in [1.807, 2.05) is 60.8 Å². The van der Waals surface area contributed by atoms with E-state index in [1.54, 1.807) is 30.3 Å². The Morgan fingerprint density at radius 1 is 0.875 bits per heavy atom. The first-order valence-corrected chi connectivity index (χ1v) is 10.7. The molecule has 0 aliphatic heterocycles. The molecule has 0 fully saturated rings. The van der Waals surface area contributed by atoms with Crippen LogP contribution in [0.4, 0.5) is 5.69 Å². The van der Waals surface area contributed by atoms with E-state index in [1.165, 1.54) is 0 Å². The third-order valence-corrected chi connectivity index (χ3v) is 5.20. The van der Waals surface area contributed by atoms with Crippen LogP contribution in [0.2, 0.25) is 0 Å². The highest BCUT2D eigenvalue weighted by Gasteiger charge is 2.26. The number of nitrogens with zero attached hydrogens (tertiary/aromatic N) is 1. The van der Waals surface area contributed by atoms with Crippen LogP contribution in [0.3, 0.4) is 0 Å². The lowest BCUT2D eigenvalue weighted by Crippen LogP contribution is -2.26. The molecule has 1 amide bonds. The van der Waals surface area contributed by atoms with Crippen LogP contribution in [-0.4, -0.2) is 16.4 Å². The first-order chi connectivity index (χ1) is 15.5. The average Bonchev–Trinajstić information content (AvgIpc) is 3.20. The number of rotatable bonds is 7. The van der Waals surface area contributed by atoms with E-state index < -0.39 is 18.0 Å². The Hall–Kier alpha value is -3.86. The second-order valence-corrected chi connectivity index (χ2v) is 8.15. The minimum atomic E-state index is -1.07. The van der Waals surface area contributed by atoms with Crippen molar-refractivity contribution in [1.82, 2.24) is 4.57 Å². The SMILES string of the molecule is CC(C)Cn1ccc2c(C(=O)OC(C(=O)Nc3ccccc3)c3ccccc3)cccc21. The van der Waals surface area contributed by atoms with E-state index in [0.29, 0.717) is 22.7 Å². The van der Waals surface area contributed by atoms with Crippen molar-refractivity contribution in [3.63, 3.8) is 0 Å². The first kappa shape index (κ1) is 21.4. The van der Waals surface area contributed by atoms with Gasteiger partial charge in [-0.05, 0) is 36.2 Å². The number of para-hydroxylation sites is 1. The molecule has 0 saturated carbocycles. The highest BCUT2D eigenvalue weighted by Crippen LogP contribution is 2.26. The molecule has 5 nitrogen and oxygen atoms in total. The van der Waals surface area contributed by atoms with Gasteiger partial charge in [-0.15, -0.1) is 0 Å². The van der Waals surface area contributed by atoms with E-state index in [2.05, 4.69) is 23.7 Å². The molecule has 3 aromatic carbocycles. The minimum Gasteiger partial charge on any atom is -0.444 e. The van der Waals surface area contributed by atoms with E-state index >= 15 is 0 Å². The Labute approximate surface area is 187 Å². The lowest BCUT2D eigenvalue weighted by Gasteiger charge is -2.18. The number of hydrogen-bond donors (Lipinski definition) is 1. The van der Waals surface area contributed by atoms with Gasteiger partial charge in [-0.3, -0.25) is 4.79 Å². The zero-order valence-electron chi connectivity index (χ0n) is 18.2. The maximum atomic E-state index is 13.2. The number of fused-ring (bicyclic) bond motifs is 1. The zero-order chi connectivity index (χ0) is 22.5. The Morgan fingerprint density at radius 3 is 2.25 bits per heavy atom. The number of benzene rings is 3. The monoisotopic (exact) mass is 426 g/mol. The van der Waals surface area contributed by atoms with Gasteiger partial charge in [-0.25, -0.2) is 4.79 Å². The summed E-state index contributed by atoms with van der Waals surface area (Å²) in [5.41, 5.74) is 2.66. The van der Waals surface area contributed by atoms with Crippen molar-refractivity contribution < 1.29 is 14.3 Å². The van der Waals surface area contributed by atoms with Crippen LogP contribution in [0.25, 0.3) is 10.9 Å². The second-order valence-electron chi connectivity index (χ2n) is 8.15. The first-order valence-electron chi connectivity index (χ1n) is 10.7. The van der Waals surface area contributed by atoms with E-state index in [9.17, 15) is 9.59 Å². The maximum Gasteiger partial charge on any atom is 0.339 e. The number of amides is 1. The normalized spacial score (nSPS) is 12.0. The molecule has 5 heteroatoms. The highest BCUT2D eigenvalue weighted by molar-refractivity contribution is 6.05. The topological polar surface area (TPSA) is 60.3 Å². The third kappa shape index (κ3) is 4.72. The van der Waals surface area contributed by atoms with Crippen molar-refractivity contribution in [2.45, 2.75) is 26.5 Å². The lowest BCUT2D eigenvalue weighted by atomic mass is 10.1. The van der Waals surface area contributed by atoms with Crippen LogP contribution in [0, 0.1) is 5.92 Å². The number of ether oxygens (including phenoxy) is 1. The van der Waals surface area contributed by atoms with Crippen LogP contribution in [0.5, 0.6) is 0 Å². The van der Waals surface area contributed by atoms with Crippen LogP contribution >= 0.6 is 0 Å². The summed E-state index contributed by atoms with van der Waals surface area (Å²) in [6, 6.07) is 25.7. The quantitative estimate of drug-likeness (QED) is 0.378. The summed E-state index contributed by atoms with van der Waals surface area (Å²) in [4.78, 5) is 26.3. The number of carbonyl (C=O) groups excluding carboxylic acids is 2. The highest BCUT2D eigenvalue weighted by atomic mass is 16.5. The van der Waals surface area contributed by atoms with Gasteiger partial charge in [0, 0.05) is 34.9 Å². The van der Waals surface area contributed by atoms with Gasteiger partial charge in [0.15, 0.2) is 0 Å². The summed E-state index contributed by atoms with van der Waals surface area (Å²) in [7, 11) is 0. The van der Waals surface area contributed by atoms with Gasteiger partial charge < -0.3 is 14.6 Å². The molecule has 0 spiro atoms. The van der Waals surface area contributed by atoms with Gasteiger partial charge in [-0.2, -0.15) is 0 Å². The van der Waals surface area contributed by atoms with Crippen molar-refractivity contribution in [2.24, 2.45) is 5.92 Å². The summed E-state index contributed by atoms with van der Waals surface area (Å²) in [6.07, 6.45) is 0.912. The number of esters is 1. The summed E-state index contributed by atoms with van der Waals surface area (Å²) in [5.74, 6) is -0.458. The fourth-order valence-corrected chi connectivity index (χ4v) is 3.75. The van der Waals surface area contributed by atoms with Gasteiger partial charge in [0.1, 0.15) is 0 Å². The molecule has 1 aromatic heterocycles. The van der Waals surface area contributed by atoms with Gasteiger partial charge in [0.05, 0.1) is 5.56 Å². The molecule has 1 N–H and O–H groups in total. The fraction of sp³-hybridized carbons (Fsp3) is 0.185. The molecule has 4 rings (SSSR count). The molecule has 1 atom stereocenters. The molecule has 0 aliphatic rings. The van der Waals surface area contributed by atoms with E-state index in [0.717, 1.165) is 17.4 Å². The van der Waals surface area contributed by atoms with Gasteiger partial charge >= 0.3 is 5.97 Å². The Balaban J connectivity index is 1.63. The van der Waals surface area contributed by atoms with Crippen molar-refractivity contribution in [2.75, 3.05) is 5.32 Å². The molecule has 4 aromatic rings. The molecular formula is C27H26N2O3. The van der Waals surface area contributed by atoms with Crippen molar-refractivity contribution >= 4 is 28.5 Å². The van der Waals surface area contributed by atoms with Gasteiger partial charge in [-0.1, -0.05) is 68.4 Å². The molecule has 0 saturated heterocycles. The molecular weight excluding hydrogens is 400 g/mol. The minimum absolute atomic E-state index is 0.402. The molecule has 0 aliphatic carbocycles. The van der Waals surface area contributed by atoms with Crippen molar-refractivity contribution in [3.8, 4) is 0 Å². The Morgan fingerprint density at radius 2 is 1.56 bits per heavy atom. The maximum absolute atomic E-state index is 13.2. The molecule has 1 heterocycles. The fourth-order valence-electron chi connectivity index (χ4n) is 3.75. The largest absolute Gasteiger partial charge is 0.444 e. The molecule has 32 heavy (non-hydrogen) atoms. The van der Waals surface area contributed by atoms with Gasteiger partial charge in [0.2, 0.25) is 6.10 Å². The summed E-state index contributed by atoms with van der Waals surface area (Å²) >= 11 is 0. The van der Waals surface area contributed by atoms with Crippen LogP contribution in [0.15, 0.2) is 91.1 Å². The molecule has 0 radical (unpaired) electrons. The number of anilines is 1. The molecule has 1 unspecified atom stereocenters. The van der Waals surface area contributed by atoms with Crippen LogP contribution < -0.4 is 5.32 Å². The third-order valence-electron chi connectivity index (χ3n) is 5.20. The smallest absolute Gasteiger partial charge is 0.339 e.